The average molecular weight is 426 g/mol. The Labute approximate surface area is 181 Å². The second-order valence-corrected chi connectivity index (χ2v) is 7.31. The van der Waals surface area contributed by atoms with Gasteiger partial charge < -0.3 is 19.5 Å². The van der Waals surface area contributed by atoms with Crippen LogP contribution in [0.25, 0.3) is 0 Å². The molecule has 1 heterocycles. The van der Waals surface area contributed by atoms with Crippen LogP contribution in [-0.2, 0) is 4.79 Å². The van der Waals surface area contributed by atoms with Gasteiger partial charge in [0.1, 0.15) is 0 Å². The van der Waals surface area contributed by atoms with E-state index in [0.717, 1.165) is 16.0 Å². The van der Waals surface area contributed by atoms with Gasteiger partial charge >= 0.3 is 0 Å². The summed E-state index contributed by atoms with van der Waals surface area (Å²) in [6.07, 6.45) is -0.000779. The zero-order chi connectivity index (χ0) is 22.7. The fourth-order valence-electron chi connectivity index (χ4n) is 3.57. The van der Waals surface area contributed by atoms with Crippen molar-refractivity contribution in [3.63, 3.8) is 0 Å². The normalized spacial score (nSPS) is 13.6. The van der Waals surface area contributed by atoms with Crippen molar-refractivity contribution in [2.24, 2.45) is 0 Å². The van der Waals surface area contributed by atoms with Crippen LogP contribution in [-0.4, -0.2) is 50.5 Å². The predicted octanol–water partition coefficient (Wildman–Crippen LogP) is 2.88. The Hall–Kier alpha value is -3.55. The van der Waals surface area contributed by atoms with E-state index in [1.165, 1.54) is 21.3 Å². The van der Waals surface area contributed by atoms with Crippen LogP contribution in [0.3, 0.4) is 0 Å². The number of rotatable bonds is 8. The maximum atomic E-state index is 12.6. The maximum Gasteiger partial charge on any atom is 0.261 e. The zero-order valence-electron chi connectivity index (χ0n) is 18.3. The first-order valence-electron chi connectivity index (χ1n) is 9.86. The lowest BCUT2D eigenvalue weighted by Gasteiger charge is -2.19. The minimum Gasteiger partial charge on any atom is -0.493 e. The molecule has 0 spiro atoms. The number of nitrogens with zero attached hydrogens (tertiary/aromatic N) is 1. The molecule has 0 radical (unpaired) electrons. The number of nitrogens with one attached hydrogen (secondary N) is 1. The Kier molecular flexibility index (Phi) is 6.48. The fraction of sp³-hybridized carbons (Fsp3) is 0.348. The van der Waals surface area contributed by atoms with Crippen molar-refractivity contribution in [2.75, 3.05) is 27.9 Å². The number of fused-ring (bicyclic) bond motifs is 1. The number of carbonyl (C=O) groups is 3. The van der Waals surface area contributed by atoms with E-state index in [1.807, 2.05) is 13.8 Å². The van der Waals surface area contributed by atoms with Gasteiger partial charge in [-0.2, -0.15) is 0 Å². The molecule has 164 valence electrons. The molecule has 3 rings (SSSR count). The molecule has 0 bridgehead atoms. The van der Waals surface area contributed by atoms with Crippen molar-refractivity contribution >= 4 is 17.7 Å². The molecule has 0 aliphatic carbocycles. The third-order valence-corrected chi connectivity index (χ3v) is 5.25. The number of hydrogen-bond acceptors (Lipinski definition) is 6. The van der Waals surface area contributed by atoms with Crippen molar-refractivity contribution in [3.05, 3.63) is 52.6 Å². The van der Waals surface area contributed by atoms with Gasteiger partial charge in [0.2, 0.25) is 11.7 Å². The van der Waals surface area contributed by atoms with Gasteiger partial charge in [0.25, 0.3) is 11.8 Å². The first-order valence-corrected chi connectivity index (χ1v) is 9.86. The Balaban J connectivity index is 1.65. The lowest BCUT2D eigenvalue weighted by Crippen LogP contribution is -2.35. The summed E-state index contributed by atoms with van der Waals surface area (Å²) in [7, 11) is 4.56. The number of benzene rings is 2. The number of ether oxygens (including phenoxy) is 3. The molecule has 31 heavy (non-hydrogen) atoms. The number of imide groups is 1. The number of amides is 3. The van der Waals surface area contributed by atoms with E-state index >= 15 is 0 Å². The summed E-state index contributed by atoms with van der Waals surface area (Å²) in [4.78, 5) is 38.7. The minimum absolute atomic E-state index is 0.000779. The lowest BCUT2D eigenvalue weighted by atomic mass is 10.1. The van der Waals surface area contributed by atoms with E-state index in [0.29, 0.717) is 28.4 Å². The molecule has 1 N–H and O–H groups in total. The van der Waals surface area contributed by atoms with Crippen LogP contribution < -0.4 is 19.5 Å². The largest absolute Gasteiger partial charge is 0.493 e. The third-order valence-electron chi connectivity index (χ3n) is 5.25. The summed E-state index contributed by atoms with van der Waals surface area (Å²) < 4.78 is 16.0. The standard InChI is InChI=1S/C23H26N2O6/c1-13-6-7-16-17(10-13)23(28)25(22(16)27)9-8-20(26)24-14(2)15-11-18(29-3)21(31-5)19(12-15)30-4/h6-7,10-12,14H,8-9H2,1-5H3,(H,24,26). The van der Waals surface area contributed by atoms with Crippen LogP contribution in [0, 0.1) is 6.92 Å². The minimum atomic E-state index is -0.370. The van der Waals surface area contributed by atoms with E-state index in [9.17, 15) is 14.4 Å². The molecule has 3 amide bonds. The van der Waals surface area contributed by atoms with E-state index in [4.69, 9.17) is 14.2 Å². The fourth-order valence-corrected chi connectivity index (χ4v) is 3.57. The molecule has 1 unspecified atom stereocenters. The highest BCUT2D eigenvalue weighted by molar-refractivity contribution is 6.21. The van der Waals surface area contributed by atoms with Gasteiger partial charge in [-0.1, -0.05) is 11.6 Å². The Bertz CT molecular complexity index is 1010. The van der Waals surface area contributed by atoms with E-state index in [1.54, 1.807) is 30.3 Å². The smallest absolute Gasteiger partial charge is 0.261 e. The summed E-state index contributed by atoms with van der Waals surface area (Å²) in [6, 6.07) is 8.31. The molecule has 8 heteroatoms. The van der Waals surface area contributed by atoms with Gasteiger partial charge in [-0.05, 0) is 43.7 Å². The number of aryl methyl sites for hydroxylation is 1. The highest BCUT2D eigenvalue weighted by Gasteiger charge is 2.35. The van der Waals surface area contributed by atoms with Crippen molar-refractivity contribution in [2.45, 2.75) is 26.3 Å². The van der Waals surface area contributed by atoms with Gasteiger partial charge in [-0.25, -0.2) is 0 Å². The van der Waals surface area contributed by atoms with Crippen LogP contribution in [0.15, 0.2) is 30.3 Å². The summed E-state index contributed by atoms with van der Waals surface area (Å²) in [5.41, 5.74) is 2.43. The quantitative estimate of drug-likeness (QED) is 0.653. The SMILES string of the molecule is COc1cc(C(C)NC(=O)CCN2C(=O)c3ccc(C)cc3C2=O)cc(OC)c1OC. The van der Waals surface area contributed by atoms with Gasteiger partial charge in [-0.15, -0.1) is 0 Å². The average Bonchev–Trinajstić information content (AvgIpc) is 2.99. The first kappa shape index (κ1) is 22.1. The number of carbonyl (C=O) groups excluding carboxylic acids is 3. The topological polar surface area (TPSA) is 94.2 Å². The molecule has 0 aromatic heterocycles. The van der Waals surface area contributed by atoms with E-state index < -0.39 is 0 Å². The number of hydrogen-bond donors (Lipinski definition) is 1. The van der Waals surface area contributed by atoms with Gasteiger partial charge in [-0.3, -0.25) is 19.3 Å². The molecule has 1 atom stereocenters. The van der Waals surface area contributed by atoms with Crippen molar-refractivity contribution < 1.29 is 28.6 Å². The molecule has 2 aromatic carbocycles. The lowest BCUT2D eigenvalue weighted by molar-refractivity contribution is -0.121. The summed E-state index contributed by atoms with van der Waals surface area (Å²) >= 11 is 0. The van der Waals surface area contributed by atoms with E-state index in [-0.39, 0.29) is 36.7 Å². The van der Waals surface area contributed by atoms with Gasteiger partial charge in [0.15, 0.2) is 11.5 Å². The van der Waals surface area contributed by atoms with Gasteiger partial charge in [0, 0.05) is 13.0 Å². The molecule has 0 fully saturated rings. The van der Waals surface area contributed by atoms with Crippen molar-refractivity contribution in [1.82, 2.24) is 10.2 Å². The molecular formula is C23H26N2O6. The van der Waals surface area contributed by atoms with Crippen molar-refractivity contribution in [1.29, 1.82) is 0 Å². The molecule has 0 saturated heterocycles. The summed E-state index contributed by atoms with van der Waals surface area (Å²) in [5, 5.41) is 2.88. The first-order chi connectivity index (χ1) is 14.8. The molecule has 1 aliphatic rings. The number of methoxy groups -OCH3 is 3. The summed E-state index contributed by atoms with van der Waals surface area (Å²) in [5.74, 6) is 0.417. The van der Waals surface area contributed by atoms with Crippen molar-refractivity contribution in [3.8, 4) is 17.2 Å². The third kappa shape index (κ3) is 4.33. The molecule has 1 aliphatic heterocycles. The van der Waals surface area contributed by atoms with Gasteiger partial charge in [0.05, 0.1) is 38.5 Å². The Morgan fingerprint density at radius 2 is 1.58 bits per heavy atom. The van der Waals surface area contributed by atoms with E-state index in [2.05, 4.69) is 5.32 Å². The zero-order valence-corrected chi connectivity index (χ0v) is 18.3. The Morgan fingerprint density at radius 3 is 2.16 bits per heavy atom. The summed E-state index contributed by atoms with van der Waals surface area (Å²) in [6.45, 7) is 3.70. The van der Waals surface area contributed by atoms with Crippen LogP contribution in [0.1, 0.15) is 51.2 Å². The van der Waals surface area contributed by atoms with Crippen LogP contribution in [0.2, 0.25) is 0 Å². The van der Waals surface area contributed by atoms with Crippen LogP contribution >= 0.6 is 0 Å². The second-order valence-electron chi connectivity index (χ2n) is 7.31. The highest BCUT2D eigenvalue weighted by atomic mass is 16.5. The Morgan fingerprint density at radius 1 is 0.968 bits per heavy atom. The maximum absolute atomic E-state index is 12.6. The highest BCUT2D eigenvalue weighted by Crippen LogP contribution is 2.39. The monoisotopic (exact) mass is 426 g/mol. The van der Waals surface area contributed by atoms with Crippen LogP contribution in [0.5, 0.6) is 17.2 Å². The molecule has 2 aromatic rings. The predicted molar refractivity (Wildman–Crippen MR) is 114 cm³/mol. The molecule has 8 nitrogen and oxygen atoms in total. The second kappa shape index (κ2) is 9.07. The molecule has 0 saturated carbocycles. The van der Waals surface area contributed by atoms with Crippen LogP contribution in [0.4, 0.5) is 0 Å². The molecular weight excluding hydrogens is 400 g/mol.